The van der Waals surface area contributed by atoms with Crippen LogP contribution in [-0.2, 0) is 34.4 Å². The van der Waals surface area contributed by atoms with Crippen LogP contribution in [-0.4, -0.2) is 45.5 Å². The largest absolute Gasteiger partial charge is 0.379 e. The molecule has 0 saturated carbocycles. The van der Waals surface area contributed by atoms with Gasteiger partial charge in [-0.25, -0.2) is 8.42 Å². The van der Waals surface area contributed by atoms with Gasteiger partial charge < -0.3 is 10.1 Å². The number of morpholine rings is 1. The first-order valence-electron chi connectivity index (χ1n) is 13.4. The molecule has 4 aromatic carbocycles. The summed E-state index contributed by atoms with van der Waals surface area (Å²) in [6.45, 7) is 4.68. The van der Waals surface area contributed by atoms with E-state index in [0.29, 0.717) is 17.8 Å². The standard InChI is InChI=1S/C32H33N3O4S/c36-32(33-23-26-15-17-28(18-16-26)24-34-19-21-39-22-20-34)30-13-7-8-14-31(30)35(25-27-9-3-1-4-10-27)40(37,38)29-11-5-2-6-12-29/h1-18H,19-25H2,(H,33,36). The lowest BCUT2D eigenvalue weighted by atomic mass is 10.1. The van der Waals surface area contributed by atoms with Gasteiger partial charge in [0, 0.05) is 26.2 Å². The average Bonchev–Trinajstić information content (AvgIpc) is 3.01. The molecule has 1 aliphatic rings. The quantitative estimate of drug-likeness (QED) is 0.303. The number of nitrogens with zero attached hydrogens (tertiary/aromatic N) is 2. The van der Waals surface area contributed by atoms with E-state index in [-0.39, 0.29) is 17.3 Å². The molecule has 0 atom stereocenters. The van der Waals surface area contributed by atoms with Crippen molar-refractivity contribution in [3.63, 3.8) is 0 Å². The van der Waals surface area contributed by atoms with Gasteiger partial charge in [0.05, 0.1) is 35.9 Å². The van der Waals surface area contributed by atoms with E-state index in [4.69, 9.17) is 4.74 Å². The van der Waals surface area contributed by atoms with E-state index in [1.807, 2.05) is 42.5 Å². The zero-order valence-electron chi connectivity index (χ0n) is 22.3. The molecule has 0 aromatic heterocycles. The summed E-state index contributed by atoms with van der Waals surface area (Å²) < 4.78 is 34.4. The van der Waals surface area contributed by atoms with Crippen molar-refractivity contribution in [3.8, 4) is 0 Å². The molecule has 0 spiro atoms. The SMILES string of the molecule is O=C(NCc1ccc(CN2CCOCC2)cc1)c1ccccc1N(Cc1ccccc1)S(=O)(=O)c1ccccc1. The van der Waals surface area contributed by atoms with Gasteiger partial charge in [-0.05, 0) is 41.0 Å². The lowest BCUT2D eigenvalue weighted by Gasteiger charge is -2.27. The van der Waals surface area contributed by atoms with Gasteiger partial charge in [-0.2, -0.15) is 0 Å². The van der Waals surface area contributed by atoms with Gasteiger partial charge >= 0.3 is 0 Å². The van der Waals surface area contributed by atoms with E-state index in [1.165, 1.54) is 9.87 Å². The molecule has 206 valence electrons. The molecule has 1 saturated heterocycles. The van der Waals surface area contributed by atoms with E-state index < -0.39 is 10.0 Å². The Kier molecular flexibility index (Phi) is 8.91. The van der Waals surface area contributed by atoms with Crippen molar-refractivity contribution in [2.24, 2.45) is 0 Å². The third-order valence-corrected chi connectivity index (χ3v) is 8.68. The van der Waals surface area contributed by atoms with Crippen molar-refractivity contribution >= 4 is 21.6 Å². The van der Waals surface area contributed by atoms with Crippen molar-refractivity contribution < 1.29 is 17.9 Å². The average molecular weight is 556 g/mol. The first kappa shape index (κ1) is 27.6. The Balaban J connectivity index is 1.35. The van der Waals surface area contributed by atoms with Crippen molar-refractivity contribution in [1.29, 1.82) is 0 Å². The van der Waals surface area contributed by atoms with Crippen LogP contribution >= 0.6 is 0 Å². The van der Waals surface area contributed by atoms with E-state index in [0.717, 1.165) is 44.0 Å². The maximum Gasteiger partial charge on any atom is 0.264 e. The Morgan fingerprint density at radius 3 is 2.05 bits per heavy atom. The second kappa shape index (κ2) is 12.9. The molecule has 0 unspecified atom stereocenters. The molecule has 8 heteroatoms. The summed E-state index contributed by atoms with van der Waals surface area (Å²) in [5, 5.41) is 2.98. The molecule has 5 rings (SSSR count). The summed E-state index contributed by atoms with van der Waals surface area (Å²) in [6, 6.07) is 32.7. The maximum absolute atomic E-state index is 13.8. The molecule has 1 fully saturated rings. The predicted octanol–water partition coefficient (Wildman–Crippen LogP) is 4.84. The topological polar surface area (TPSA) is 79.0 Å². The number of sulfonamides is 1. The Bertz CT molecular complexity index is 1510. The molecule has 4 aromatic rings. The zero-order valence-corrected chi connectivity index (χ0v) is 23.1. The summed E-state index contributed by atoms with van der Waals surface area (Å²) in [5.74, 6) is -0.339. The van der Waals surface area contributed by atoms with Gasteiger partial charge in [-0.1, -0.05) is 84.9 Å². The van der Waals surface area contributed by atoms with Crippen LogP contribution < -0.4 is 9.62 Å². The number of hydrogen-bond acceptors (Lipinski definition) is 5. The highest BCUT2D eigenvalue weighted by Gasteiger charge is 2.28. The summed E-state index contributed by atoms with van der Waals surface area (Å²) in [6.07, 6.45) is 0. The number of carbonyl (C=O) groups is 1. The third-order valence-electron chi connectivity index (χ3n) is 6.90. The van der Waals surface area contributed by atoms with Gasteiger partial charge in [-0.15, -0.1) is 0 Å². The van der Waals surface area contributed by atoms with Crippen LogP contribution in [0.5, 0.6) is 0 Å². The first-order chi connectivity index (χ1) is 19.5. The van der Waals surface area contributed by atoms with Gasteiger partial charge in [0.1, 0.15) is 0 Å². The number of rotatable bonds is 10. The van der Waals surface area contributed by atoms with Crippen LogP contribution in [0.1, 0.15) is 27.0 Å². The van der Waals surface area contributed by atoms with Crippen LogP contribution in [0, 0.1) is 0 Å². The lowest BCUT2D eigenvalue weighted by molar-refractivity contribution is 0.0342. The third kappa shape index (κ3) is 6.77. The van der Waals surface area contributed by atoms with Crippen LogP contribution in [0.2, 0.25) is 0 Å². The Labute approximate surface area is 236 Å². The number of hydrogen-bond donors (Lipinski definition) is 1. The highest BCUT2D eigenvalue weighted by Crippen LogP contribution is 2.29. The second-order valence-corrected chi connectivity index (χ2v) is 11.6. The summed E-state index contributed by atoms with van der Waals surface area (Å²) in [5.41, 5.74) is 3.62. The minimum absolute atomic E-state index is 0.0902. The Hall–Kier alpha value is -3.98. The molecule has 1 heterocycles. The highest BCUT2D eigenvalue weighted by atomic mass is 32.2. The number of carbonyl (C=O) groups excluding carboxylic acids is 1. The maximum atomic E-state index is 13.8. The fourth-order valence-electron chi connectivity index (χ4n) is 4.71. The number of anilines is 1. The smallest absolute Gasteiger partial charge is 0.264 e. The normalized spacial score (nSPS) is 14.0. The molecule has 1 aliphatic heterocycles. The minimum atomic E-state index is -3.95. The second-order valence-electron chi connectivity index (χ2n) is 9.72. The fraction of sp³-hybridized carbons (Fsp3) is 0.219. The summed E-state index contributed by atoms with van der Waals surface area (Å²) in [7, 11) is -3.95. The fourth-order valence-corrected chi connectivity index (χ4v) is 6.20. The van der Waals surface area contributed by atoms with Crippen LogP contribution in [0.15, 0.2) is 114 Å². The number of para-hydroxylation sites is 1. The Morgan fingerprint density at radius 2 is 1.35 bits per heavy atom. The van der Waals surface area contributed by atoms with Gasteiger partial charge in [0.15, 0.2) is 0 Å². The molecule has 7 nitrogen and oxygen atoms in total. The van der Waals surface area contributed by atoms with Crippen LogP contribution in [0.4, 0.5) is 5.69 Å². The zero-order chi connectivity index (χ0) is 27.8. The number of nitrogens with one attached hydrogen (secondary N) is 1. The van der Waals surface area contributed by atoms with Crippen molar-refractivity contribution in [3.05, 3.63) is 131 Å². The molecule has 0 aliphatic carbocycles. The highest BCUT2D eigenvalue weighted by molar-refractivity contribution is 7.92. The lowest BCUT2D eigenvalue weighted by Crippen LogP contribution is -2.35. The monoisotopic (exact) mass is 555 g/mol. The molecule has 1 N–H and O–H groups in total. The number of ether oxygens (including phenoxy) is 1. The van der Waals surface area contributed by atoms with E-state index in [2.05, 4.69) is 22.3 Å². The van der Waals surface area contributed by atoms with Crippen LogP contribution in [0.3, 0.4) is 0 Å². The van der Waals surface area contributed by atoms with E-state index in [1.54, 1.807) is 54.6 Å². The predicted molar refractivity (Wildman–Crippen MR) is 156 cm³/mol. The summed E-state index contributed by atoms with van der Waals surface area (Å²) in [4.78, 5) is 16.0. The first-order valence-corrected chi connectivity index (χ1v) is 14.8. The molecule has 40 heavy (non-hydrogen) atoms. The molecular formula is C32H33N3O4S. The van der Waals surface area contributed by atoms with Gasteiger partial charge in [0.2, 0.25) is 0 Å². The molecule has 1 amide bonds. The summed E-state index contributed by atoms with van der Waals surface area (Å²) >= 11 is 0. The molecule has 0 radical (unpaired) electrons. The molecule has 0 bridgehead atoms. The van der Waals surface area contributed by atoms with Crippen LogP contribution in [0.25, 0.3) is 0 Å². The number of benzene rings is 4. The van der Waals surface area contributed by atoms with Gasteiger partial charge in [0.25, 0.3) is 15.9 Å². The van der Waals surface area contributed by atoms with Crippen molar-refractivity contribution in [2.45, 2.75) is 24.5 Å². The minimum Gasteiger partial charge on any atom is -0.379 e. The van der Waals surface area contributed by atoms with Crippen molar-refractivity contribution in [1.82, 2.24) is 10.2 Å². The van der Waals surface area contributed by atoms with E-state index >= 15 is 0 Å². The molecular weight excluding hydrogens is 522 g/mol. The van der Waals surface area contributed by atoms with E-state index in [9.17, 15) is 13.2 Å². The Morgan fingerprint density at radius 1 is 0.750 bits per heavy atom. The van der Waals surface area contributed by atoms with Gasteiger partial charge in [-0.3, -0.25) is 14.0 Å². The number of amides is 1. The van der Waals surface area contributed by atoms with Crippen molar-refractivity contribution in [2.75, 3.05) is 30.6 Å².